The first-order chi connectivity index (χ1) is 6.59. The molecule has 2 heterocycles. The highest BCUT2D eigenvalue weighted by molar-refractivity contribution is 9.10. The first kappa shape index (κ1) is 9.14. The van der Waals surface area contributed by atoms with Gasteiger partial charge in [-0.2, -0.15) is 4.98 Å². The summed E-state index contributed by atoms with van der Waals surface area (Å²) in [5.41, 5.74) is 6.47. The van der Waals surface area contributed by atoms with Crippen molar-refractivity contribution in [2.75, 3.05) is 5.73 Å². The molecule has 0 bridgehead atoms. The van der Waals surface area contributed by atoms with Gasteiger partial charge in [-0.15, -0.1) is 5.10 Å². The minimum Gasteiger partial charge on any atom is -0.366 e. The van der Waals surface area contributed by atoms with Gasteiger partial charge in [0.25, 0.3) is 0 Å². The van der Waals surface area contributed by atoms with Gasteiger partial charge in [0.1, 0.15) is 5.69 Å². The summed E-state index contributed by atoms with van der Waals surface area (Å²) in [6.07, 6.45) is 0. The maximum Gasteiger partial charge on any atom is 0.240 e. The molecule has 0 saturated heterocycles. The number of hydrogen-bond acceptors (Lipinski definition) is 4. The lowest BCUT2D eigenvalue weighted by atomic mass is 10.3. The number of pyridine rings is 1. The topological polar surface area (TPSA) is 73.3 Å². The van der Waals surface area contributed by atoms with Gasteiger partial charge in [-0.1, -0.05) is 0 Å². The van der Waals surface area contributed by atoms with Crippen LogP contribution in [0.3, 0.4) is 0 Å². The molecule has 2 aromatic rings. The summed E-state index contributed by atoms with van der Waals surface area (Å²) in [4.78, 5) is 15.2. The molecule has 2 aromatic heterocycles. The van der Waals surface area contributed by atoms with Crippen LogP contribution in [0.25, 0.3) is 5.65 Å². The van der Waals surface area contributed by atoms with Crippen LogP contribution < -0.4 is 5.73 Å². The Labute approximate surface area is 88.1 Å². The number of Topliss-reactive ketones (excluding diaryl/α,β-unsaturated/α-hetero) is 1. The zero-order valence-electron chi connectivity index (χ0n) is 7.36. The molecule has 0 saturated carbocycles. The van der Waals surface area contributed by atoms with Crippen molar-refractivity contribution in [1.29, 1.82) is 0 Å². The van der Waals surface area contributed by atoms with Crippen molar-refractivity contribution in [3.63, 3.8) is 0 Å². The van der Waals surface area contributed by atoms with E-state index in [-0.39, 0.29) is 11.7 Å². The lowest BCUT2D eigenvalue weighted by Crippen LogP contribution is -2.04. The van der Waals surface area contributed by atoms with Crippen molar-refractivity contribution in [2.45, 2.75) is 6.92 Å². The number of carbonyl (C=O) groups is 1. The molecule has 2 rings (SSSR count). The van der Waals surface area contributed by atoms with Crippen molar-refractivity contribution < 1.29 is 4.79 Å². The predicted octanol–water partition coefficient (Wildman–Crippen LogP) is 1.28. The summed E-state index contributed by atoms with van der Waals surface area (Å²) in [7, 11) is 0. The average molecular weight is 255 g/mol. The molecule has 14 heavy (non-hydrogen) atoms. The highest BCUT2D eigenvalue weighted by atomic mass is 79.9. The molecule has 0 fully saturated rings. The normalized spacial score (nSPS) is 10.7. The fourth-order valence-corrected chi connectivity index (χ4v) is 1.60. The molecule has 0 radical (unpaired) electrons. The largest absolute Gasteiger partial charge is 0.366 e. The van der Waals surface area contributed by atoms with Crippen LogP contribution in [-0.2, 0) is 0 Å². The zero-order chi connectivity index (χ0) is 10.3. The molecular weight excluding hydrogens is 248 g/mol. The Balaban J connectivity index is 2.87. The van der Waals surface area contributed by atoms with Crippen LogP contribution in [0.1, 0.15) is 17.4 Å². The molecule has 2 N–H and O–H groups in total. The van der Waals surface area contributed by atoms with E-state index in [1.165, 1.54) is 11.4 Å². The van der Waals surface area contributed by atoms with Crippen LogP contribution in [0.5, 0.6) is 0 Å². The number of rotatable bonds is 1. The summed E-state index contributed by atoms with van der Waals surface area (Å²) in [6.45, 7) is 1.47. The third-order valence-corrected chi connectivity index (χ3v) is 2.43. The molecule has 72 valence electrons. The number of nitrogen functional groups attached to an aromatic ring is 1. The van der Waals surface area contributed by atoms with E-state index >= 15 is 0 Å². The first-order valence-corrected chi connectivity index (χ1v) is 4.70. The number of anilines is 1. The maximum atomic E-state index is 11.2. The molecule has 0 aliphatic rings. The molecular formula is C8H7BrN4O. The third-order valence-electron chi connectivity index (χ3n) is 1.81. The van der Waals surface area contributed by atoms with E-state index in [0.717, 1.165) is 4.47 Å². The Morgan fingerprint density at radius 2 is 2.29 bits per heavy atom. The fourth-order valence-electron chi connectivity index (χ4n) is 1.21. The SMILES string of the molecule is CC(=O)c1ccc(Br)c2nc(N)nn12. The van der Waals surface area contributed by atoms with E-state index < -0.39 is 0 Å². The highest BCUT2D eigenvalue weighted by Crippen LogP contribution is 2.18. The van der Waals surface area contributed by atoms with Crippen LogP contribution in [0.2, 0.25) is 0 Å². The number of fused-ring (bicyclic) bond motifs is 1. The second kappa shape index (κ2) is 3.06. The molecule has 0 aliphatic carbocycles. The number of nitrogens with zero attached hydrogens (tertiary/aromatic N) is 3. The van der Waals surface area contributed by atoms with Gasteiger partial charge in [0.2, 0.25) is 5.95 Å². The van der Waals surface area contributed by atoms with Gasteiger partial charge in [-0.25, -0.2) is 4.52 Å². The van der Waals surface area contributed by atoms with E-state index in [1.807, 2.05) is 0 Å². The summed E-state index contributed by atoms with van der Waals surface area (Å²) >= 11 is 3.30. The minimum atomic E-state index is -0.0765. The van der Waals surface area contributed by atoms with Crippen molar-refractivity contribution >= 4 is 33.3 Å². The van der Waals surface area contributed by atoms with Crippen molar-refractivity contribution in [1.82, 2.24) is 14.6 Å². The Morgan fingerprint density at radius 3 is 2.93 bits per heavy atom. The van der Waals surface area contributed by atoms with Gasteiger partial charge in [0.05, 0.1) is 4.47 Å². The van der Waals surface area contributed by atoms with E-state index in [4.69, 9.17) is 5.73 Å². The zero-order valence-corrected chi connectivity index (χ0v) is 8.95. The van der Waals surface area contributed by atoms with Gasteiger partial charge < -0.3 is 5.73 Å². The fraction of sp³-hybridized carbons (Fsp3) is 0.125. The van der Waals surface area contributed by atoms with Gasteiger partial charge in [0.15, 0.2) is 11.4 Å². The minimum absolute atomic E-state index is 0.0765. The van der Waals surface area contributed by atoms with Gasteiger partial charge in [0, 0.05) is 6.92 Å². The second-order valence-corrected chi connectivity index (χ2v) is 3.68. The standard InChI is InChI=1S/C8H7BrN4O/c1-4(14)6-3-2-5(9)7-11-8(10)12-13(6)7/h2-3H,1H3,(H2,10,12). The highest BCUT2D eigenvalue weighted by Gasteiger charge is 2.11. The Morgan fingerprint density at radius 1 is 1.57 bits per heavy atom. The summed E-state index contributed by atoms with van der Waals surface area (Å²) in [5, 5.41) is 3.93. The third kappa shape index (κ3) is 1.27. The quantitative estimate of drug-likeness (QED) is 0.779. The number of ketones is 1. The van der Waals surface area contributed by atoms with Gasteiger partial charge in [-0.05, 0) is 28.1 Å². The molecule has 0 aromatic carbocycles. The number of aromatic nitrogens is 3. The molecule has 0 amide bonds. The van der Waals surface area contributed by atoms with Crippen molar-refractivity contribution in [2.24, 2.45) is 0 Å². The summed E-state index contributed by atoms with van der Waals surface area (Å²) in [5.74, 6) is 0.0757. The van der Waals surface area contributed by atoms with Crippen LogP contribution in [0, 0.1) is 0 Å². The van der Waals surface area contributed by atoms with E-state index in [0.29, 0.717) is 11.3 Å². The Bertz CT molecular complexity index is 519. The van der Waals surface area contributed by atoms with Gasteiger partial charge in [-0.3, -0.25) is 4.79 Å². The number of halogens is 1. The molecule has 0 aliphatic heterocycles. The molecule has 0 unspecified atom stereocenters. The van der Waals surface area contributed by atoms with E-state index in [2.05, 4.69) is 26.0 Å². The Kier molecular flexibility index (Phi) is 1.99. The Hall–Kier alpha value is -1.43. The molecule has 6 heteroatoms. The maximum absolute atomic E-state index is 11.2. The van der Waals surface area contributed by atoms with E-state index in [9.17, 15) is 4.79 Å². The lowest BCUT2D eigenvalue weighted by molar-refractivity contribution is 0.101. The average Bonchev–Trinajstić information content (AvgIpc) is 2.47. The van der Waals surface area contributed by atoms with Crippen molar-refractivity contribution in [3.8, 4) is 0 Å². The van der Waals surface area contributed by atoms with Crippen LogP contribution >= 0.6 is 15.9 Å². The summed E-state index contributed by atoms with van der Waals surface area (Å²) in [6, 6.07) is 3.42. The van der Waals surface area contributed by atoms with Crippen LogP contribution in [-0.4, -0.2) is 20.4 Å². The van der Waals surface area contributed by atoms with Crippen LogP contribution in [0.4, 0.5) is 5.95 Å². The molecule has 0 atom stereocenters. The van der Waals surface area contributed by atoms with Gasteiger partial charge >= 0.3 is 0 Å². The number of hydrogen-bond donors (Lipinski definition) is 1. The number of carbonyl (C=O) groups excluding carboxylic acids is 1. The van der Waals surface area contributed by atoms with Crippen LogP contribution in [0.15, 0.2) is 16.6 Å². The first-order valence-electron chi connectivity index (χ1n) is 3.91. The number of nitrogens with two attached hydrogens (primary N) is 1. The second-order valence-electron chi connectivity index (χ2n) is 2.83. The summed E-state index contributed by atoms with van der Waals surface area (Å²) < 4.78 is 2.19. The smallest absolute Gasteiger partial charge is 0.240 e. The molecule has 5 nitrogen and oxygen atoms in total. The molecule has 0 spiro atoms. The van der Waals surface area contributed by atoms with Crippen molar-refractivity contribution in [3.05, 3.63) is 22.3 Å². The lowest BCUT2D eigenvalue weighted by Gasteiger charge is -1.99. The monoisotopic (exact) mass is 254 g/mol. The predicted molar refractivity (Wildman–Crippen MR) is 55.1 cm³/mol. The van der Waals surface area contributed by atoms with E-state index in [1.54, 1.807) is 12.1 Å².